The second-order valence-corrected chi connectivity index (χ2v) is 7.06. The van der Waals surface area contributed by atoms with Crippen molar-refractivity contribution >= 4 is 23.2 Å². The lowest BCUT2D eigenvalue weighted by atomic mass is 10.1. The van der Waals surface area contributed by atoms with Crippen LogP contribution in [0.25, 0.3) is 0 Å². The molecule has 0 radical (unpaired) electrons. The van der Waals surface area contributed by atoms with Crippen molar-refractivity contribution in [2.45, 2.75) is 20.5 Å². The number of hydrazone groups is 1. The van der Waals surface area contributed by atoms with Crippen LogP contribution < -0.4 is 20.2 Å². The van der Waals surface area contributed by atoms with Crippen LogP contribution in [0.2, 0.25) is 0 Å². The molecule has 0 fully saturated rings. The maximum atomic E-state index is 12.0. The van der Waals surface area contributed by atoms with Crippen molar-refractivity contribution in [2.75, 3.05) is 12.4 Å². The van der Waals surface area contributed by atoms with Crippen molar-refractivity contribution in [1.29, 1.82) is 0 Å². The number of methoxy groups -OCH3 is 1. The molecule has 0 aliphatic carbocycles. The van der Waals surface area contributed by atoms with Gasteiger partial charge in [0.25, 0.3) is 0 Å². The van der Waals surface area contributed by atoms with Crippen molar-refractivity contribution in [3.8, 4) is 11.5 Å². The molecule has 3 rings (SSSR count). The van der Waals surface area contributed by atoms with Crippen molar-refractivity contribution in [3.05, 3.63) is 89.5 Å². The number of benzene rings is 3. The Morgan fingerprint density at radius 3 is 2.19 bits per heavy atom. The highest BCUT2D eigenvalue weighted by Crippen LogP contribution is 2.17. The molecule has 32 heavy (non-hydrogen) atoms. The summed E-state index contributed by atoms with van der Waals surface area (Å²) in [5.74, 6) is -0.294. The first-order valence-corrected chi connectivity index (χ1v) is 10.0. The Hall–Kier alpha value is -4.13. The predicted molar refractivity (Wildman–Crippen MR) is 124 cm³/mol. The van der Waals surface area contributed by atoms with Gasteiger partial charge >= 0.3 is 11.8 Å². The molecule has 3 aromatic carbocycles. The Labute approximate surface area is 187 Å². The van der Waals surface area contributed by atoms with Gasteiger partial charge in [-0.2, -0.15) is 5.10 Å². The summed E-state index contributed by atoms with van der Waals surface area (Å²) in [6, 6.07) is 22.1. The second kappa shape index (κ2) is 10.8. The lowest BCUT2D eigenvalue weighted by Gasteiger charge is -2.09. The third kappa shape index (κ3) is 6.18. The summed E-state index contributed by atoms with van der Waals surface area (Å²) in [6.07, 6.45) is 0. The molecule has 0 aliphatic rings. The van der Waals surface area contributed by atoms with Crippen LogP contribution in [0.1, 0.15) is 23.6 Å². The quantitative estimate of drug-likeness (QED) is 0.335. The number of aryl methyl sites for hydroxylation is 1. The molecule has 7 heteroatoms. The molecule has 0 atom stereocenters. The summed E-state index contributed by atoms with van der Waals surface area (Å²) < 4.78 is 10.9. The van der Waals surface area contributed by atoms with Crippen LogP contribution in [0.5, 0.6) is 11.5 Å². The molecule has 0 aliphatic heterocycles. The number of nitrogens with zero attached hydrogens (tertiary/aromatic N) is 1. The molecule has 0 aromatic heterocycles. The zero-order valence-electron chi connectivity index (χ0n) is 18.2. The highest BCUT2D eigenvalue weighted by Gasteiger charge is 2.13. The van der Waals surface area contributed by atoms with E-state index in [1.54, 1.807) is 38.3 Å². The van der Waals surface area contributed by atoms with Gasteiger partial charge in [0, 0.05) is 5.69 Å². The van der Waals surface area contributed by atoms with Crippen molar-refractivity contribution in [2.24, 2.45) is 5.10 Å². The fraction of sp³-hybridized carbons (Fsp3) is 0.160. The van der Waals surface area contributed by atoms with E-state index < -0.39 is 11.8 Å². The van der Waals surface area contributed by atoms with Gasteiger partial charge in [-0.3, -0.25) is 9.59 Å². The topological polar surface area (TPSA) is 89.0 Å². The number of rotatable bonds is 7. The molecule has 0 unspecified atom stereocenters. The summed E-state index contributed by atoms with van der Waals surface area (Å²) in [7, 11) is 1.55. The summed E-state index contributed by atoms with van der Waals surface area (Å²) in [5.41, 5.74) is 6.41. The van der Waals surface area contributed by atoms with E-state index in [-0.39, 0.29) is 0 Å². The monoisotopic (exact) mass is 431 g/mol. The molecule has 0 spiro atoms. The van der Waals surface area contributed by atoms with E-state index in [0.717, 1.165) is 16.9 Å². The molecule has 2 N–H and O–H groups in total. The smallest absolute Gasteiger partial charge is 0.329 e. The molecule has 0 saturated carbocycles. The van der Waals surface area contributed by atoms with E-state index in [4.69, 9.17) is 9.47 Å². The van der Waals surface area contributed by atoms with Crippen molar-refractivity contribution < 1.29 is 19.1 Å². The standard InChI is InChI=1S/C25H25N3O4/c1-17-6-4-5-7-20(17)16-32-23-12-8-19(9-13-23)18(2)27-28-25(30)24(29)26-21-10-14-22(31-3)15-11-21/h4-15H,16H2,1-3H3,(H,26,29)(H,28,30). The van der Waals surface area contributed by atoms with E-state index in [1.165, 1.54) is 5.56 Å². The SMILES string of the molecule is COc1ccc(NC(=O)C(=O)NN=C(C)c2ccc(OCc3ccccc3C)cc2)cc1. The minimum atomic E-state index is -0.863. The average Bonchev–Trinajstić information content (AvgIpc) is 2.82. The van der Waals surface area contributed by atoms with Gasteiger partial charge in [-0.1, -0.05) is 24.3 Å². The number of hydrogen-bond acceptors (Lipinski definition) is 5. The third-order valence-corrected chi connectivity index (χ3v) is 4.81. The van der Waals surface area contributed by atoms with Crippen LogP contribution >= 0.6 is 0 Å². The molecule has 0 heterocycles. The van der Waals surface area contributed by atoms with Gasteiger partial charge in [-0.15, -0.1) is 0 Å². The average molecular weight is 431 g/mol. The Morgan fingerprint density at radius 2 is 1.53 bits per heavy atom. The van der Waals surface area contributed by atoms with Crippen LogP contribution in [0.3, 0.4) is 0 Å². The van der Waals surface area contributed by atoms with Gasteiger partial charge in [-0.05, 0) is 79.1 Å². The maximum absolute atomic E-state index is 12.0. The number of amides is 2. The highest BCUT2D eigenvalue weighted by molar-refractivity contribution is 6.39. The summed E-state index contributed by atoms with van der Waals surface area (Å²) >= 11 is 0. The minimum absolute atomic E-state index is 0.480. The lowest BCUT2D eigenvalue weighted by Crippen LogP contribution is -2.32. The van der Waals surface area contributed by atoms with Gasteiger partial charge in [0.2, 0.25) is 0 Å². The third-order valence-electron chi connectivity index (χ3n) is 4.81. The normalized spacial score (nSPS) is 10.9. The molecule has 2 amide bonds. The van der Waals surface area contributed by atoms with Gasteiger partial charge in [-0.25, -0.2) is 5.43 Å². The van der Waals surface area contributed by atoms with Crippen LogP contribution in [0.15, 0.2) is 77.9 Å². The van der Waals surface area contributed by atoms with Gasteiger partial charge in [0.15, 0.2) is 0 Å². The predicted octanol–water partition coefficient (Wildman–Crippen LogP) is 4.06. The van der Waals surface area contributed by atoms with Gasteiger partial charge < -0.3 is 14.8 Å². The first-order valence-electron chi connectivity index (χ1n) is 10.0. The van der Waals surface area contributed by atoms with Crippen molar-refractivity contribution in [1.82, 2.24) is 5.43 Å². The van der Waals surface area contributed by atoms with Crippen LogP contribution in [0.4, 0.5) is 5.69 Å². The molecular formula is C25H25N3O4. The Balaban J connectivity index is 1.52. The zero-order valence-corrected chi connectivity index (χ0v) is 18.2. The van der Waals surface area contributed by atoms with Gasteiger partial charge in [0.05, 0.1) is 12.8 Å². The Bertz CT molecular complexity index is 1110. The van der Waals surface area contributed by atoms with Crippen LogP contribution in [-0.4, -0.2) is 24.6 Å². The largest absolute Gasteiger partial charge is 0.497 e. The highest BCUT2D eigenvalue weighted by atomic mass is 16.5. The number of ether oxygens (including phenoxy) is 2. The van der Waals surface area contributed by atoms with E-state index in [0.29, 0.717) is 23.8 Å². The van der Waals surface area contributed by atoms with Crippen LogP contribution in [-0.2, 0) is 16.2 Å². The molecule has 164 valence electrons. The van der Waals surface area contributed by atoms with Crippen molar-refractivity contribution in [3.63, 3.8) is 0 Å². The number of anilines is 1. The van der Waals surface area contributed by atoms with E-state index in [9.17, 15) is 9.59 Å². The van der Waals surface area contributed by atoms with E-state index in [2.05, 4.69) is 15.8 Å². The fourth-order valence-electron chi connectivity index (χ4n) is 2.84. The summed E-state index contributed by atoms with van der Waals surface area (Å²) in [6.45, 7) is 4.27. The molecule has 0 saturated heterocycles. The summed E-state index contributed by atoms with van der Waals surface area (Å²) in [5, 5.41) is 6.52. The van der Waals surface area contributed by atoms with Gasteiger partial charge in [0.1, 0.15) is 18.1 Å². The number of carbonyl (C=O) groups excluding carboxylic acids is 2. The first-order chi connectivity index (χ1) is 15.5. The molecule has 7 nitrogen and oxygen atoms in total. The second-order valence-electron chi connectivity index (χ2n) is 7.06. The Morgan fingerprint density at radius 1 is 0.875 bits per heavy atom. The van der Waals surface area contributed by atoms with E-state index >= 15 is 0 Å². The molecule has 3 aromatic rings. The maximum Gasteiger partial charge on any atom is 0.329 e. The number of hydrogen-bond donors (Lipinski definition) is 2. The fourth-order valence-corrected chi connectivity index (χ4v) is 2.84. The molecular weight excluding hydrogens is 406 g/mol. The number of nitrogens with one attached hydrogen (secondary N) is 2. The minimum Gasteiger partial charge on any atom is -0.497 e. The lowest BCUT2D eigenvalue weighted by molar-refractivity contribution is -0.136. The first kappa shape index (κ1) is 22.6. The zero-order chi connectivity index (χ0) is 22.9. The summed E-state index contributed by atoms with van der Waals surface area (Å²) in [4.78, 5) is 24.1. The molecule has 0 bridgehead atoms. The van der Waals surface area contributed by atoms with Crippen LogP contribution in [0, 0.1) is 6.92 Å². The number of carbonyl (C=O) groups is 2. The Kier molecular flexibility index (Phi) is 7.59. The van der Waals surface area contributed by atoms with E-state index in [1.807, 2.05) is 55.5 Å².